The van der Waals surface area contributed by atoms with Gasteiger partial charge in [0.2, 0.25) is 0 Å². The predicted octanol–water partition coefficient (Wildman–Crippen LogP) is 1.07. The first kappa shape index (κ1) is 10.9. The fourth-order valence-corrected chi connectivity index (χ4v) is 3.15. The van der Waals surface area contributed by atoms with E-state index in [2.05, 4.69) is 10.1 Å². The average molecular weight is 255 g/mol. The van der Waals surface area contributed by atoms with E-state index in [1.54, 1.807) is 11.3 Å². The Hall–Kier alpha value is -1.64. The van der Waals surface area contributed by atoms with Gasteiger partial charge in [0, 0.05) is 0 Å². The van der Waals surface area contributed by atoms with Gasteiger partial charge in [0.25, 0.3) is 0 Å². The summed E-state index contributed by atoms with van der Waals surface area (Å²) in [5.74, 6) is 0. The molecule has 0 radical (unpaired) electrons. The van der Waals surface area contributed by atoms with Crippen LogP contribution in [0.2, 0.25) is 0 Å². The van der Waals surface area contributed by atoms with E-state index < -0.39 is 13.9 Å². The van der Waals surface area contributed by atoms with Gasteiger partial charge in [-0.25, -0.2) is 0 Å². The Morgan fingerprint density at radius 2 is 1.81 bits per heavy atom. The fourth-order valence-electron chi connectivity index (χ4n) is 1.23. The molecule has 0 fully saturated rings. The molecular weight excluding hydrogens is 244 g/mol. The molecule has 0 aliphatic heterocycles. The van der Waals surface area contributed by atoms with Crippen molar-refractivity contribution in [2.24, 2.45) is 5.16 Å². The van der Waals surface area contributed by atoms with Gasteiger partial charge in [-0.15, -0.1) is 0 Å². The van der Waals surface area contributed by atoms with Crippen molar-refractivity contribution < 1.29 is 19.1 Å². The molecule has 0 bridgehead atoms. The molecule has 0 atom stereocenters. The maximum atomic E-state index is 8.72. The summed E-state index contributed by atoms with van der Waals surface area (Å²) in [4.78, 5) is 4.31. The van der Waals surface area contributed by atoms with Gasteiger partial charge in [-0.1, -0.05) is 0 Å². The van der Waals surface area contributed by atoms with Gasteiger partial charge in [0.15, 0.2) is 0 Å². The minimum atomic E-state index is -1.00. The molecule has 83 valence electrons. The predicted molar refractivity (Wildman–Crippen MR) is 60.2 cm³/mol. The number of rotatable bonds is 3. The fraction of sp³-hybridized carbons (Fsp3) is 0. The summed E-state index contributed by atoms with van der Waals surface area (Å²) >= 11 is -1.00. The van der Waals surface area contributed by atoms with Crippen LogP contribution in [0.4, 0.5) is 0 Å². The molecule has 0 amide bonds. The third-order valence-electron chi connectivity index (χ3n) is 1.89. The van der Waals surface area contributed by atoms with Crippen LogP contribution in [0.3, 0.4) is 0 Å². The van der Waals surface area contributed by atoms with Gasteiger partial charge >= 0.3 is 98.1 Å². The van der Waals surface area contributed by atoms with E-state index in [1.807, 2.05) is 48.5 Å². The Balaban J connectivity index is 2.39. The van der Waals surface area contributed by atoms with Gasteiger partial charge < -0.3 is 0 Å². The Morgan fingerprint density at radius 3 is 2.44 bits per heavy atom. The van der Waals surface area contributed by atoms with E-state index in [4.69, 9.17) is 5.21 Å². The second-order valence-corrected chi connectivity index (χ2v) is 5.32. The van der Waals surface area contributed by atoms with Gasteiger partial charge in [-0.2, -0.15) is 0 Å². The van der Waals surface area contributed by atoms with Crippen LogP contribution in [0, 0.1) is 0 Å². The zero-order valence-electron chi connectivity index (χ0n) is 8.47. The first-order valence-electron chi connectivity index (χ1n) is 4.70. The number of hydrogen-bond donors (Lipinski definition) is 1. The second-order valence-electron chi connectivity index (χ2n) is 2.92. The molecular formula is C12H11FeN2O. The van der Waals surface area contributed by atoms with Crippen molar-refractivity contribution in [3.63, 3.8) is 0 Å². The molecule has 0 aliphatic rings. The maximum absolute atomic E-state index is 8.72. The van der Waals surface area contributed by atoms with E-state index in [1.165, 1.54) is 0 Å². The SMILES string of the molecule is ON=[CH][Fe]([c]1ccccc1)[c]1ccccn1. The van der Waals surface area contributed by atoms with Crippen LogP contribution in [-0.2, 0) is 13.9 Å². The number of hydrogen-bond acceptors (Lipinski definition) is 3. The normalized spacial score (nSPS) is 11.6. The average Bonchev–Trinajstić information content (AvgIpc) is 2.38. The van der Waals surface area contributed by atoms with E-state index in [9.17, 15) is 0 Å². The van der Waals surface area contributed by atoms with Crippen LogP contribution >= 0.6 is 0 Å². The molecule has 0 spiro atoms. The van der Waals surface area contributed by atoms with Gasteiger partial charge in [-0.05, 0) is 0 Å². The molecule has 1 heterocycles. The summed E-state index contributed by atoms with van der Waals surface area (Å²) in [5, 5.41) is 13.4. The van der Waals surface area contributed by atoms with Crippen LogP contribution in [0.25, 0.3) is 0 Å². The zero-order chi connectivity index (χ0) is 11.2. The first-order chi connectivity index (χ1) is 7.92. The summed E-state index contributed by atoms with van der Waals surface area (Å²) in [7, 11) is 0. The number of nitrogens with zero attached hydrogens (tertiary/aromatic N) is 2. The van der Waals surface area contributed by atoms with Crippen molar-refractivity contribution in [3.05, 3.63) is 54.7 Å². The second kappa shape index (κ2) is 5.45. The van der Waals surface area contributed by atoms with Crippen molar-refractivity contribution in [2.75, 3.05) is 0 Å². The number of oxime groups is 1. The Bertz CT molecular complexity index is 419. The summed E-state index contributed by atoms with van der Waals surface area (Å²) in [6.45, 7) is 0. The first-order valence-corrected chi connectivity index (χ1v) is 6.44. The molecule has 0 unspecified atom stereocenters. The van der Waals surface area contributed by atoms with Crippen LogP contribution in [0.5, 0.6) is 0 Å². The van der Waals surface area contributed by atoms with Crippen molar-refractivity contribution in [2.45, 2.75) is 0 Å². The quantitative estimate of drug-likeness (QED) is 0.386. The molecule has 1 aromatic carbocycles. The molecule has 1 aromatic heterocycles. The van der Waals surface area contributed by atoms with Crippen LogP contribution in [0.1, 0.15) is 0 Å². The summed E-state index contributed by atoms with van der Waals surface area (Å²) in [5.41, 5.74) is 0. The van der Waals surface area contributed by atoms with Crippen LogP contribution in [-0.4, -0.2) is 15.3 Å². The molecule has 1 N–H and O–H groups in total. The van der Waals surface area contributed by atoms with E-state index >= 15 is 0 Å². The third kappa shape index (κ3) is 2.48. The Morgan fingerprint density at radius 1 is 1.06 bits per heavy atom. The number of pyridine rings is 1. The molecule has 2 rings (SSSR count). The molecule has 0 saturated carbocycles. The van der Waals surface area contributed by atoms with Gasteiger partial charge in [0.05, 0.1) is 0 Å². The van der Waals surface area contributed by atoms with E-state index in [0.29, 0.717) is 0 Å². The third-order valence-corrected chi connectivity index (χ3v) is 4.30. The Labute approximate surface area is 98.3 Å². The molecule has 0 aliphatic carbocycles. The molecule has 16 heavy (non-hydrogen) atoms. The van der Waals surface area contributed by atoms with E-state index in [-0.39, 0.29) is 0 Å². The standard InChI is InChI=1S/C6H5.C5H4N.CH2NO.Fe/c2*1-2-4-6-5-3-1;1-2-3;/h1-5H;1-4H;1,3H;. The van der Waals surface area contributed by atoms with E-state index in [0.717, 1.165) is 9.05 Å². The summed E-state index contributed by atoms with van der Waals surface area (Å²) in [6, 6.07) is 15.7. The van der Waals surface area contributed by atoms with Crippen LogP contribution in [0.15, 0.2) is 59.9 Å². The van der Waals surface area contributed by atoms with Crippen molar-refractivity contribution in [1.29, 1.82) is 0 Å². The van der Waals surface area contributed by atoms with Crippen molar-refractivity contribution >= 4 is 14.2 Å². The zero-order valence-corrected chi connectivity index (χ0v) is 9.57. The molecule has 4 heteroatoms. The number of aromatic nitrogens is 1. The molecule has 2 aromatic rings. The molecule has 0 saturated heterocycles. The monoisotopic (exact) mass is 255 g/mol. The molecule has 3 nitrogen and oxygen atoms in total. The summed E-state index contributed by atoms with van der Waals surface area (Å²) in [6.07, 6.45) is 1.75. The Kier molecular flexibility index (Phi) is 3.70. The topological polar surface area (TPSA) is 45.5 Å². The summed E-state index contributed by atoms with van der Waals surface area (Å²) < 4.78 is 2.09. The van der Waals surface area contributed by atoms with Gasteiger partial charge in [-0.3, -0.25) is 0 Å². The van der Waals surface area contributed by atoms with Crippen molar-refractivity contribution in [3.8, 4) is 0 Å². The van der Waals surface area contributed by atoms with Crippen LogP contribution < -0.4 is 9.05 Å². The van der Waals surface area contributed by atoms with Crippen molar-refractivity contribution in [1.82, 2.24) is 4.98 Å². The number of benzene rings is 1. The minimum absolute atomic E-state index is 0.950. The van der Waals surface area contributed by atoms with Gasteiger partial charge in [0.1, 0.15) is 0 Å².